The van der Waals surface area contributed by atoms with E-state index < -0.39 is 12.1 Å². The van der Waals surface area contributed by atoms with Crippen LogP contribution in [0.5, 0.6) is 5.75 Å². The largest absolute Gasteiger partial charge is 0.506 e. The predicted octanol–water partition coefficient (Wildman–Crippen LogP) is 5.00. The number of carbonyl (C=O) groups is 2. The summed E-state index contributed by atoms with van der Waals surface area (Å²) in [5.74, 6) is -0.251. The van der Waals surface area contributed by atoms with Gasteiger partial charge in [-0.2, -0.15) is 0 Å². The molecule has 1 aromatic heterocycles. The van der Waals surface area contributed by atoms with E-state index in [1.54, 1.807) is 25.1 Å². The number of aliphatic hydroxyl groups excluding tert-OH is 1. The van der Waals surface area contributed by atoms with E-state index in [1.807, 2.05) is 30.3 Å². The molecule has 4 rings (SSSR count). The van der Waals surface area contributed by atoms with Gasteiger partial charge in [0.1, 0.15) is 22.8 Å². The molecule has 1 unspecified atom stereocenters. The lowest BCUT2D eigenvalue weighted by molar-refractivity contribution is -0.134. The highest BCUT2D eigenvalue weighted by Crippen LogP contribution is 2.36. The van der Waals surface area contributed by atoms with Crippen LogP contribution >= 0.6 is 31.9 Å². The molecule has 0 saturated heterocycles. The molecular weight excluding hydrogens is 584 g/mol. The second-order valence-corrected chi connectivity index (χ2v) is 9.46. The molecule has 1 heterocycles. The number of aryl methyl sites for hydroxylation is 1. The minimum Gasteiger partial charge on any atom is -0.506 e. The van der Waals surface area contributed by atoms with E-state index in [0.717, 1.165) is 10.8 Å². The first-order valence-electron chi connectivity index (χ1n) is 10.5. The summed E-state index contributed by atoms with van der Waals surface area (Å²) >= 11 is 6.54. The van der Waals surface area contributed by atoms with E-state index in [9.17, 15) is 19.8 Å². The molecule has 0 spiro atoms. The number of phenolic OH excluding ortho intramolecular Hbond substituents is 1. The Hall–Kier alpha value is -3.21. The number of rotatable bonds is 8. The number of aliphatic hydroxyl groups is 1. The lowest BCUT2D eigenvalue weighted by Gasteiger charge is -2.18. The Kier molecular flexibility index (Phi) is 7.54. The first-order valence-corrected chi connectivity index (χ1v) is 12.1. The number of hydrogen-bond donors (Lipinski definition) is 3. The Bertz CT molecular complexity index is 1400. The fraction of sp³-hybridized carbons (Fsp3) is 0.160. The molecule has 4 aromatic rings. The number of phenols is 1. The molecule has 1 atom stereocenters. The van der Waals surface area contributed by atoms with Crippen molar-refractivity contribution in [2.45, 2.75) is 26.2 Å². The molecule has 180 valence electrons. The summed E-state index contributed by atoms with van der Waals surface area (Å²) in [6, 6.07) is 14.6. The number of ether oxygens (including phenoxy) is 1. The maximum atomic E-state index is 13.4. The van der Waals surface area contributed by atoms with Gasteiger partial charge in [-0.25, -0.2) is 0 Å². The zero-order valence-electron chi connectivity index (χ0n) is 18.4. The van der Waals surface area contributed by atoms with Crippen LogP contribution < -0.4 is 5.32 Å². The highest BCUT2D eigenvalue weighted by Gasteiger charge is 2.27. The van der Waals surface area contributed by atoms with Crippen molar-refractivity contribution in [3.8, 4) is 17.0 Å². The molecule has 0 aliphatic carbocycles. The minimum atomic E-state index is -1.00. The summed E-state index contributed by atoms with van der Waals surface area (Å²) in [6.45, 7) is 1.61. The fourth-order valence-electron chi connectivity index (χ4n) is 3.91. The van der Waals surface area contributed by atoms with Gasteiger partial charge in [0.05, 0.1) is 15.6 Å². The number of nitrogens with zero attached hydrogens (tertiary/aromatic N) is 1. The Labute approximate surface area is 217 Å². The van der Waals surface area contributed by atoms with Crippen LogP contribution in [0.25, 0.3) is 22.0 Å². The smallest absolute Gasteiger partial charge is 0.295 e. The summed E-state index contributed by atoms with van der Waals surface area (Å²) in [6.07, 6.45) is -0.868. The Balaban J connectivity index is 1.71. The van der Waals surface area contributed by atoms with E-state index in [4.69, 9.17) is 9.26 Å². The molecule has 0 fully saturated rings. The van der Waals surface area contributed by atoms with E-state index in [2.05, 4.69) is 42.3 Å². The van der Waals surface area contributed by atoms with Gasteiger partial charge < -0.3 is 24.8 Å². The summed E-state index contributed by atoms with van der Waals surface area (Å²) < 4.78 is 11.4. The molecule has 3 N–H and O–H groups in total. The van der Waals surface area contributed by atoms with Crippen molar-refractivity contribution in [1.82, 2.24) is 10.5 Å². The highest BCUT2D eigenvalue weighted by molar-refractivity contribution is 9.11. The molecule has 35 heavy (non-hydrogen) atoms. The van der Waals surface area contributed by atoms with E-state index in [1.165, 1.54) is 0 Å². The average molecular weight is 604 g/mol. The summed E-state index contributed by atoms with van der Waals surface area (Å²) in [5.41, 5.74) is 2.31. The van der Waals surface area contributed by atoms with Crippen molar-refractivity contribution in [3.63, 3.8) is 0 Å². The molecule has 0 radical (unpaired) electrons. The number of fused-ring (bicyclic) bond motifs is 1. The zero-order chi connectivity index (χ0) is 25.1. The lowest BCUT2D eigenvalue weighted by Crippen LogP contribution is -2.38. The molecule has 0 aliphatic heterocycles. The van der Waals surface area contributed by atoms with Crippen LogP contribution in [-0.4, -0.2) is 34.0 Å². The summed E-state index contributed by atoms with van der Waals surface area (Å²) in [5, 5.41) is 28.5. The van der Waals surface area contributed by atoms with Crippen LogP contribution in [0.15, 0.2) is 62.0 Å². The van der Waals surface area contributed by atoms with Gasteiger partial charge in [-0.1, -0.05) is 41.6 Å². The predicted molar refractivity (Wildman–Crippen MR) is 136 cm³/mol. The molecule has 0 aliphatic rings. The van der Waals surface area contributed by atoms with E-state index in [0.29, 0.717) is 25.6 Å². The molecule has 10 heteroatoms. The van der Waals surface area contributed by atoms with Gasteiger partial charge in [0.15, 0.2) is 6.23 Å². The van der Waals surface area contributed by atoms with Gasteiger partial charge >= 0.3 is 0 Å². The molecule has 1 amide bonds. The maximum Gasteiger partial charge on any atom is 0.295 e. The number of nitrogens with one attached hydrogen (secondary N) is 1. The maximum absolute atomic E-state index is 13.4. The summed E-state index contributed by atoms with van der Waals surface area (Å²) in [7, 11) is 0. The second kappa shape index (κ2) is 10.6. The first kappa shape index (κ1) is 24.9. The van der Waals surface area contributed by atoms with Crippen molar-refractivity contribution in [2.24, 2.45) is 0 Å². The summed E-state index contributed by atoms with van der Waals surface area (Å²) in [4.78, 5) is 24.5. The molecule has 3 aromatic carbocycles. The Morgan fingerprint density at radius 2 is 1.91 bits per heavy atom. The topological polar surface area (TPSA) is 122 Å². The van der Waals surface area contributed by atoms with Crippen molar-refractivity contribution < 1.29 is 29.1 Å². The van der Waals surface area contributed by atoms with E-state index >= 15 is 0 Å². The van der Waals surface area contributed by atoms with Crippen molar-refractivity contribution in [3.05, 3.63) is 79.9 Å². The molecule has 8 nitrogen and oxygen atoms in total. The molecular formula is C25H20Br2N2O6. The van der Waals surface area contributed by atoms with Gasteiger partial charge in [0.25, 0.3) is 12.4 Å². The minimum absolute atomic E-state index is 0.0326. The van der Waals surface area contributed by atoms with Crippen LogP contribution in [0.4, 0.5) is 0 Å². The number of carbonyl (C=O) groups excluding carboxylic acids is 2. The third-order valence-electron chi connectivity index (χ3n) is 5.52. The van der Waals surface area contributed by atoms with Gasteiger partial charge in [-0.05, 0) is 72.8 Å². The molecule has 0 bridgehead atoms. The molecule has 0 saturated carbocycles. The van der Waals surface area contributed by atoms with Crippen LogP contribution in [0, 0.1) is 6.92 Å². The number of halogens is 2. The van der Waals surface area contributed by atoms with Crippen LogP contribution in [-0.2, 0) is 22.6 Å². The highest BCUT2D eigenvalue weighted by atomic mass is 79.9. The Morgan fingerprint density at radius 1 is 1.20 bits per heavy atom. The number of amides is 1. The third-order valence-corrected chi connectivity index (χ3v) is 6.73. The standard InChI is InChI=1S/C25H20Br2N2O6/c1-13-21(23(29-35-13)22-16(11-30)7-6-15-4-2-3-5-17(15)22)25(33)28-20(34-12-31)10-14-8-18(26)24(32)19(27)9-14/h2-9,12,20,30,32H,10-11H2,1H3,(H,28,33). The lowest BCUT2D eigenvalue weighted by atomic mass is 9.94. The second-order valence-electron chi connectivity index (χ2n) is 7.75. The number of benzene rings is 3. The van der Waals surface area contributed by atoms with Gasteiger partial charge in [-0.3, -0.25) is 9.59 Å². The quantitative estimate of drug-likeness (QED) is 0.191. The first-order chi connectivity index (χ1) is 16.8. The van der Waals surface area contributed by atoms with Crippen LogP contribution in [0.3, 0.4) is 0 Å². The fourth-order valence-corrected chi connectivity index (χ4v) is 5.19. The Morgan fingerprint density at radius 3 is 2.60 bits per heavy atom. The number of hydrogen-bond acceptors (Lipinski definition) is 7. The van der Waals surface area contributed by atoms with Crippen molar-refractivity contribution in [2.75, 3.05) is 0 Å². The zero-order valence-corrected chi connectivity index (χ0v) is 21.6. The van der Waals surface area contributed by atoms with Gasteiger partial charge in [-0.15, -0.1) is 0 Å². The number of aromatic nitrogens is 1. The van der Waals surface area contributed by atoms with E-state index in [-0.39, 0.29) is 42.3 Å². The van der Waals surface area contributed by atoms with Gasteiger partial charge in [0, 0.05) is 12.0 Å². The van der Waals surface area contributed by atoms with Crippen molar-refractivity contribution in [1.29, 1.82) is 0 Å². The monoisotopic (exact) mass is 602 g/mol. The SMILES string of the molecule is Cc1onc(-c2c(CO)ccc3ccccc23)c1C(=O)NC(Cc1cc(Br)c(O)c(Br)c1)OC=O. The normalized spacial score (nSPS) is 11.9. The average Bonchev–Trinajstić information content (AvgIpc) is 3.22. The third kappa shape index (κ3) is 5.09. The van der Waals surface area contributed by atoms with Crippen LogP contribution in [0.1, 0.15) is 27.2 Å². The van der Waals surface area contributed by atoms with Crippen molar-refractivity contribution >= 4 is 55.0 Å². The van der Waals surface area contributed by atoms with Gasteiger partial charge in [0.2, 0.25) is 0 Å². The number of aromatic hydroxyl groups is 1. The van der Waals surface area contributed by atoms with Crippen LogP contribution in [0.2, 0.25) is 0 Å².